The Morgan fingerprint density at radius 2 is 1.70 bits per heavy atom. The number of esters is 1. The van der Waals surface area contributed by atoms with Crippen LogP contribution in [-0.4, -0.2) is 69.6 Å². The van der Waals surface area contributed by atoms with Crippen LogP contribution in [0.3, 0.4) is 0 Å². The smallest absolute Gasteiger partial charge is 0.347 e. The van der Waals surface area contributed by atoms with E-state index in [0.717, 1.165) is 0 Å². The predicted octanol–water partition coefficient (Wildman–Crippen LogP) is 9.50. The molecule has 16 heteroatoms. The number of aromatic nitrogens is 4. The topological polar surface area (TPSA) is 136 Å². The van der Waals surface area contributed by atoms with Crippen LogP contribution in [0.15, 0.2) is 104 Å². The van der Waals surface area contributed by atoms with E-state index < -0.39 is 30.6 Å². The van der Waals surface area contributed by atoms with Crippen LogP contribution in [0.4, 0.5) is 4.39 Å². The molecule has 2 aliphatic rings. The van der Waals surface area contributed by atoms with Crippen molar-refractivity contribution in [1.29, 1.82) is 0 Å². The van der Waals surface area contributed by atoms with Gasteiger partial charge in [-0.05, 0) is 78.7 Å². The number of para-hydroxylation sites is 1. The van der Waals surface area contributed by atoms with E-state index in [-0.39, 0.29) is 53.1 Å². The van der Waals surface area contributed by atoms with Gasteiger partial charge in [-0.25, -0.2) is 24.1 Å². The lowest BCUT2D eigenvalue weighted by molar-refractivity contribution is -0.151. The Kier molecular flexibility index (Phi) is 12.4. The van der Waals surface area contributed by atoms with Crippen molar-refractivity contribution in [2.24, 2.45) is 0 Å². The quantitative estimate of drug-likeness (QED) is 0.139. The van der Waals surface area contributed by atoms with Gasteiger partial charge in [-0.1, -0.05) is 59.1 Å². The summed E-state index contributed by atoms with van der Waals surface area (Å²) in [6.07, 6.45) is 2.48. The average Bonchev–Trinajstić information content (AvgIpc) is 3.57. The van der Waals surface area contributed by atoms with E-state index in [0.29, 0.717) is 67.7 Å². The molecule has 0 aliphatic carbocycles. The first kappa shape index (κ1) is 41.6. The number of rotatable bonds is 9. The number of ether oxygens (including phenoxy) is 6. The standard InChI is InChI=1S/C45H36Cl3FN4O8/c1-3-57-45(55)37-21-26-18-30(12-13-35(26)59-23-29-14-15-50-43(52-29)32-6-4-5-7-36(32)56-2)58-24-31(22-54)60-41-33(46)19-27(20-34(41)47)38-39(25-8-10-28(49)11-9-25)42(48)53-17-16-51-44(61-37)40(38)53/h4-20,31,37,54H,3,21-24H2,1-2H3/t31-,37-/m1/s1. The summed E-state index contributed by atoms with van der Waals surface area (Å²) < 4.78 is 52.2. The lowest BCUT2D eigenvalue weighted by atomic mass is 9.97. The summed E-state index contributed by atoms with van der Waals surface area (Å²) in [7, 11) is 1.58. The second-order valence-electron chi connectivity index (χ2n) is 13.7. The maximum absolute atomic E-state index is 14.2. The fourth-order valence-electron chi connectivity index (χ4n) is 6.96. The Balaban J connectivity index is 1.25. The fourth-order valence-corrected chi connectivity index (χ4v) is 7.88. The summed E-state index contributed by atoms with van der Waals surface area (Å²) >= 11 is 20.9. The molecule has 2 atom stereocenters. The number of methoxy groups -OCH3 is 1. The molecule has 5 heterocycles. The average molecular weight is 886 g/mol. The van der Waals surface area contributed by atoms with Gasteiger partial charge >= 0.3 is 5.97 Å². The minimum absolute atomic E-state index is 0.0165. The Hall–Kier alpha value is -6.12. The molecule has 0 unspecified atom stereocenters. The highest BCUT2D eigenvalue weighted by Crippen LogP contribution is 2.48. The summed E-state index contributed by atoms with van der Waals surface area (Å²) in [5.74, 6) is 0.837. The third-order valence-corrected chi connectivity index (χ3v) is 10.7. The van der Waals surface area contributed by atoms with Gasteiger partial charge in [0.25, 0.3) is 0 Å². The van der Waals surface area contributed by atoms with Gasteiger partial charge in [-0.15, -0.1) is 0 Å². The minimum atomic E-state index is -1.29. The summed E-state index contributed by atoms with van der Waals surface area (Å²) in [5.41, 5.74) is 4.12. The number of aliphatic hydroxyl groups excluding tert-OH is 1. The van der Waals surface area contributed by atoms with Gasteiger partial charge in [0.2, 0.25) is 12.0 Å². The zero-order valence-corrected chi connectivity index (χ0v) is 34.9. The first-order chi connectivity index (χ1) is 29.6. The van der Waals surface area contributed by atoms with Crippen LogP contribution in [0.25, 0.3) is 39.2 Å². The molecular formula is C45H36Cl3FN4O8. The summed E-state index contributed by atoms with van der Waals surface area (Å²) in [4.78, 5) is 27.7. The zero-order valence-electron chi connectivity index (χ0n) is 32.6. The summed E-state index contributed by atoms with van der Waals surface area (Å²) in [6, 6.07) is 23.3. The van der Waals surface area contributed by atoms with E-state index in [9.17, 15) is 14.3 Å². The van der Waals surface area contributed by atoms with Crippen molar-refractivity contribution >= 4 is 46.3 Å². The number of nitrogens with zero attached hydrogens (tertiary/aromatic N) is 4. The van der Waals surface area contributed by atoms with E-state index in [1.165, 1.54) is 18.3 Å². The number of carbonyl (C=O) groups is 1. The van der Waals surface area contributed by atoms with Gasteiger partial charge in [0.1, 0.15) is 46.9 Å². The zero-order chi connectivity index (χ0) is 42.6. The van der Waals surface area contributed by atoms with Crippen LogP contribution in [-0.2, 0) is 22.6 Å². The third-order valence-electron chi connectivity index (χ3n) is 9.78. The van der Waals surface area contributed by atoms with Crippen LogP contribution in [0.5, 0.6) is 28.9 Å². The largest absolute Gasteiger partial charge is 0.496 e. The van der Waals surface area contributed by atoms with E-state index in [1.54, 1.807) is 79.4 Å². The van der Waals surface area contributed by atoms with Crippen molar-refractivity contribution in [3.63, 3.8) is 0 Å². The van der Waals surface area contributed by atoms with Crippen molar-refractivity contribution in [1.82, 2.24) is 19.4 Å². The molecular weight excluding hydrogens is 850 g/mol. The Bertz CT molecular complexity index is 2710. The Morgan fingerprint density at radius 1 is 0.918 bits per heavy atom. The molecule has 0 radical (unpaired) electrons. The first-order valence-electron chi connectivity index (χ1n) is 19.0. The van der Waals surface area contributed by atoms with Gasteiger partial charge in [0, 0.05) is 41.7 Å². The molecule has 3 aromatic heterocycles. The van der Waals surface area contributed by atoms with Crippen molar-refractivity contribution in [2.75, 3.05) is 26.9 Å². The van der Waals surface area contributed by atoms with Gasteiger partial charge in [0.15, 0.2) is 17.7 Å². The minimum Gasteiger partial charge on any atom is -0.496 e. The monoisotopic (exact) mass is 884 g/mol. The third kappa shape index (κ3) is 8.73. The Labute approximate surface area is 364 Å². The number of benzene rings is 4. The number of halogens is 4. The van der Waals surface area contributed by atoms with E-state index in [4.69, 9.17) is 68.2 Å². The van der Waals surface area contributed by atoms with Crippen LogP contribution < -0.4 is 23.7 Å². The highest BCUT2D eigenvalue weighted by atomic mass is 35.5. The van der Waals surface area contributed by atoms with Crippen LogP contribution in [0, 0.1) is 5.82 Å². The SMILES string of the molecule is CCOC(=O)[C@H]1Cc2cc(ccc2OCc2ccnc(-c3ccccc3OC)n2)OC[C@@H](CO)Oc2c(Cl)cc(cc2Cl)-c2c(-c3ccc(F)cc3)c(Cl)n3ccnc(c23)O1. The van der Waals surface area contributed by atoms with Gasteiger partial charge in [-0.2, -0.15) is 0 Å². The summed E-state index contributed by atoms with van der Waals surface area (Å²) in [6.45, 7) is 1.22. The molecule has 1 N–H and O–H groups in total. The number of carbonyl (C=O) groups excluding carboxylic acids is 1. The van der Waals surface area contributed by atoms with Crippen molar-refractivity contribution in [2.45, 2.75) is 32.2 Å². The molecule has 12 nitrogen and oxygen atoms in total. The molecule has 4 bridgehead atoms. The lowest BCUT2D eigenvalue weighted by Gasteiger charge is -2.21. The molecule has 0 saturated carbocycles. The molecule has 0 amide bonds. The van der Waals surface area contributed by atoms with E-state index in [2.05, 4.69) is 9.97 Å². The molecule has 0 fully saturated rings. The molecule has 0 spiro atoms. The van der Waals surface area contributed by atoms with Gasteiger partial charge in [0.05, 0.1) is 41.6 Å². The molecule has 0 saturated heterocycles. The molecule has 4 aromatic carbocycles. The number of fused-ring (bicyclic) bond motifs is 7. The van der Waals surface area contributed by atoms with E-state index >= 15 is 0 Å². The molecule has 2 aliphatic heterocycles. The predicted molar refractivity (Wildman–Crippen MR) is 228 cm³/mol. The maximum Gasteiger partial charge on any atom is 0.347 e. The van der Waals surface area contributed by atoms with E-state index in [1.807, 2.05) is 24.3 Å². The highest BCUT2D eigenvalue weighted by molar-refractivity contribution is 6.38. The number of aliphatic hydroxyl groups is 1. The fraction of sp³-hybridized carbons (Fsp3) is 0.200. The number of hydrogen-bond acceptors (Lipinski definition) is 11. The maximum atomic E-state index is 14.2. The normalized spacial score (nSPS) is 15.0. The first-order valence-corrected chi connectivity index (χ1v) is 20.2. The van der Waals surface area contributed by atoms with Crippen molar-refractivity contribution in [3.05, 3.63) is 136 Å². The van der Waals surface area contributed by atoms with Crippen molar-refractivity contribution < 1.29 is 42.7 Å². The molecule has 7 aromatic rings. The molecule has 9 rings (SSSR count). The second kappa shape index (κ2) is 18.2. The van der Waals surface area contributed by atoms with Gasteiger partial charge < -0.3 is 37.9 Å². The lowest BCUT2D eigenvalue weighted by Crippen LogP contribution is -2.32. The van der Waals surface area contributed by atoms with Crippen LogP contribution >= 0.6 is 34.8 Å². The Morgan fingerprint density at radius 3 is 2.46 bits per heavy atom. The summed E-state index contributed by atoms with van der Waals surface area (Å²) in [5, 5.41) is 10.8. The van der Waals surface area contributed by atoms with Crippen LogP contribution in [0.2, 0.25) is 15.2 Å². The number of hydrogen-bond donors (Lipinski definition) is 1. The molecule has 312 valence electrons. The molecule has 61 heavy (non-hydrogen) atoms. The second-order valence-corrected chi connectivity index (χ2v) is 14.9. The van der Waals surface area contributed by atoms with Crippen LogP contribution in [0.1, 0.15) is 18.2 Å². The van der Waals surface area contributed by atoms with Crippen molar-refractivity contribution in [3.8, 4) is 62.5 Å². The van der Waals surface area contributed by atoms with Gasteiger partial charge in [-0.3, -0.25) is 0 Å². The highest BCUT2D eigenvalue weighted by Gasteiger charge is 2.31.